The van der Waals surface area contributed by atoms with Crippen LogP contribution in [0.4, 0.5) is 0 Å². The summed E-state index contributed by atoms with van der Waals surface area (Å²) in [5.74, 6) is 0.372. The minimum absolute atomic E-state index is 0.372. The van der Waals surface area contributed by atoms with Crippen LogP contribution in [0.3, 0.4) is 0 Å². The van der Waals surface area contributed by atoms with Gasteiger partial charge in [0, 0.05) is 26.1 Å². The van der Waals surface area contributed by atoms with E-state index >= 15 is 0 Å². The molecular weight excluding hydrogens is 248 g/mol. The van der Waals surface area contributed by atoms with Gasteiger partial charge in [-0.25, -0.2) is 0 Å². The zero-order chi connectivity index (χ0) is 14.5. The third-order valence-electron chi connectivity index (χ3n) is 4.19. The number of unbranched alkanes of at least 4 members (excludes halogenated alkanes) is 8. The molecule has 1 heterocycles. The molecule has 118 valence electrons. The maximum atomic E-state index is 12.1. The van der Waals surface area contributed by atoms with Crippen LogP contribution >= 0.6 is 0 Å². The lowest BCUT2D eigenvalue weighted by Crippen LogP contribution is -2.33. The predicted molar refractivity (Wildman–Crippen MR) is 85.9 cm³/mol. The van der Waals surface area contributed by atoms with Crippen molar-refractivity contribution >= 4 is 5.91 Å². The van der Waals surface area contributed by atoms with E-state index in [4.69, 9.17) is 0 Å². The quantitative estimate of drug-likeness (QED) is 0.619. The highest BCUT2D eigenvalue weighted by Gasteiger charge is 2.14. The predicted octanol–water partition coefficient (Wildman–Crippen LogP) is 3.73. The normalized spacial score (nSPS) is 16.1. The van der Waals surface area contributed by atoms with E-state index in [0.29, 0.717) is 5.91 Å². The number of carbonyl (C=O) groups is 1. The van der Waals surface area contributed by atoms with Gasteiger partial charge < -0.3 is 10.2 Å². The fourth-order valence-electron chi connectivity index (χ4n) is 2.84. The Hall–Kier alpha value is -0.570. The van der Waals surface area contributed by atoms with Crippen molar-refractivity contribution in [3.05, 3.63) is 0 Å². The van der Waals surface area contributed by atoms with E-state index < -0.39 is 0 Å². The van der Waals surface area contributed by atoms with E-state index in [9.17, 15) is 4.79 Å². The van der Waals surface area contributed by atoms with Gasteiger partial charge in [0.2, 0.25) is 5.91 Å². The van der Waals surface area contributed by atoms with Crippen LogP contribution in [-0.2, 0) is 4.79 Å². The molecule has 0 unspecified atom stereocenters. The minimum Gasteiger partial charge on any atom is -0.341 e. The van der Waals surface area contributed by atoms with Gasteiger partial charge in [-0.05, 0) is 19.4 Å². The summed E-state index contributed by atoms with van der Waals surface area (Å²) in [4.78, 5) is 14.1. The molecule has 1 fully saturated rings. The highest BCUT2D eigenvalue weighted by Crippen LogP contribution is 2.11. The van der Waals surface area contributed by atoms with E-state index in [1.807, 2.05) is 4.90 Å². The Labute approximate surface area is 125 Å². The molecule has 0 spiro atoms. The van der Waals surface area contributed by atoms with Gasteiger partial charge in [0.25, 0.3) is 0 Å². The highest BCUT2D eigenvalue weighted by molar-refractivity contribution is 5.76. The molecule has 1 amide bonds. The average molecular weight is 282 g/mol. The van der Waals surface area contributed by atoms with Gasteiger partial charge >= 0.3 is 0 Å². The number of nitrogens with one attached hydrogen (secondary N) is 1. The van der Waals surface area contributed by atoms with Gasteiger partial charge in [-0.3, -0.25) is 4.79 Å². The van der Waals surface area contributed by atoms with Crippen LogP contribution in [0, 0.1) is 0 Å². The van der Waals surface area contributed by atoms with Gasteiger partial charge in [0.15, 0.2) is 0 Å². The van der Waals surface area contributed by atoms with Crippen molar-refractivity contribution in [3.63, 3.8) is 0 Å². The summed E-state index contributed by atoms with van der Waals surface area (Å²) in [7, 11) is 0. The Kier molecular flexibility index (Phi) is 10.7. The van der Waals surface area contributed by atoms with Crippen LogP contribution in [-0.4, -0.2) is 37.0 Å². The monoisotopic (exact) mass is 282 g/mol. The van der Waals surface area contributed by atoms with Crippen molar-refractivity contribution in [2.24, 2.45) is 0 Å². The summed E-state index contributed by atoms with van der Waals surface area (Å²) >= 11 is 0. The van der Waals surface area contributed by atoms with Gasteiger partial charge in [-0.1, -0.05) is 58.3 Å². The first-order valence-corrected chi connectivity index (χ1v) is 8.83. The molecule has 0 radical (unpaired) electrons. The average Bonchev–Trinajstić information content (AvgIpc) is 2.74. The molecule has 3 heteroatoms. The molecule has 0 aromatic rings. The molecular formula is C17H34N2O. The Balaban J connectivity index is 1.91. The molecule has 0 saturated carbocycles. The number of hydrogen-bond acceptors (Lipinski definition) is 2. The lowest BCUT2D eigenvalue weighted by atomic mass is 10.1. The number of nitrogens with zero attached hydrogens (tertiary/aromatic N) is 1. The van der Waals surface area contributed by atoms with Crippen LogP contribution in [0.1, 0.15) is 77.6 Å². The van der Waals surface area contributed by atoms with Crippen LogP contribution in [0.15, 0.2) is 0 Å². The first kappa shape index (κ1) is 17.5. The van der Waals surface area contributed by atoms with Gasteiger partial charge in [0.1, 0.15) is 0 Å². The fraction of sp³-hybridized carbons (Fsp3) is 0.941. The molecule has 1 aliphatic rings. The van der Waals surface area contributed by atoms with Crippen molar-refractivity contribution in [2.75, 3.05) is 26.2 Å². The molecule has 1 rings (SSSR count). The topological polar surface area (TPSA) is 32.3 Å². The maximum Gasteiger partial charge on any atom is 0.222 e. The zero-order valence-corrected chi connectivity index (χ0v) is 13.5. The van der Waals surface area contributed by atoms with Crippen molar-refractivity contribution < 1.29 is 4.79 Å². The van der Waals surface area contributed by atoms with Crippen molar-refractivity contribution in [1.29, 1.82) is 0 Å². The van der Waals surface area contributed by atoms with Gasteiger partial charge in [-0.2, -0.15) is 0 Å². The lowest BCUT2D eigenvalue weighted by Gasteiger charge is -2.19. The second-order valence-electron chi connectivity index (χ2n) is 6.06. The third-order valence-corrected chi connectivity index (χ3v) is 4.19. The summed E-state index contributed by atoms with van der Waals surface area (Å²) in [6.07, 6.45) is 13.7. The van der Waals surface area contributed by atoms with E-state index in [0.717, 1.165) is 45.4 Å². The summed E-state index contributed by atoms with van der Waals surface area (Å²) in [5.41, 5.74) is 0. The van der Waals surface area contributed by atoms with E-state index in [2.05, 4.69) is 12.2 Å². The molecule has 0 atom stereocenters. The van der Waals surface area contributed by atoms with Crippen molar-refractivity contribution in [2.45, 2.75) is 77.6 Å². The lowest BCUT2D eigenvalue weighted by molar-refractivity contribution is -0.131. The second kappa shape index (κ2) is 12.2. The van der Waals surface area contributed by atoms with Crippen LogP contribution in [0.5, 0.6) is 0 Å². The van der Waals surface area contributed by atoms with Crippen LogP contribution in [0.25, 0.3) is 0 Å². The Morgan fingerprint density at radius 1 is 0.900 bits per heavy atom. The molecule has 1 saturated heterocycles. The zero-order valence-electron chi connectivity index (χ0n) is 13.5. The molecule has 1 N–H and O–H groups in total. The number of amides is 1. The molecule has 0 aliphatic carbocycles. The van der Waals surface area contributed by atoms with Gasteiger partial charge in [-0.15, -0.1) is 0 Å². The number of hydrogen-bond donors (Lipinski definition) is 1. The fourth-order valence-corrected chi connectivity index (χ4v) is 2.84. The van der Waals surface area contributed by atoms with Crippen LogP contribution in [0.2, 0.25) is 0 Å². The highest BCUT2D eigenvalue weighted by atomic mass is 16.2. The third kappa shape index (κ3) is 8.57. The minimum atomic E-state index is 0.372. The standard InChI is InChI=1S/C17H34N2O/c1-2-3-4-5-6-7-8-9-10-12-17(20)19-15-11-13-18-14-16-19/h18H,2-16H2,1H3. The first-order valence-electron chi connectivity index (χ1n) is 8.83. The summed E-state index contributed by atoms with van der Waals surface area (Å²) in [6, 6.07) is 0. The van der Waals surface area contributed by atoms with E-state index in [-0.39, 0.29) is 0 Å². The summed E-state index contributed by atoms with van der Waals surface area (Å²) in [6.45, 7) is 6.13. The van der Waals surface area contributed by atoms with Crippen LogP contribution < -0.4 is 5.32 Å². The Morgan fingerprint density at radius 3 is 2.25 bits per heavy atom. The van der Waals surface area contributed by atoms with Crippen molar-refractivity contribution in [1.82, 2.24) is 10.2 Å². The Morgan fingerprint density at radius 2 is 1.55 bits per heavy atom. The molecule has 0 aromatic heterocycles. The summed E-state index contributed by atoms with van der Waals surface area (Å²) < 4.78 is 0. The molecule has 0 bridgehead atoms. The van der Waals surface area contributed by atoms with E-state index in [1.165, 1.54) is 51.4 Å². The number of carbonyl (C=O) groups excluding carboxylic acids is 1. The molecule has 20 heavy (non-hydrogen) atoms. The smallest absolute Gasteiger partial charge is 0.222 e. The molecule has 3 nitrogen and oxygen atoms in total. The SMILES string of the molecule is CCCCCCCCCCCC(=O)N1CCCNCC1. The number of rotatable bonds is 10. The van der Waals surface area contributed by atoms with Gasteiger partial charge in [0.05, 0.1) is 0 Å². The second-order valence-corrected chi connectivity index (χ2v) is 6.06. The summed E-state index contributed by atoms with van der Waals surface area (Å²) in [5, 5.41) is 3.34. The largest absolute Gasteiger partial charge is 0.341 e. The Bertz CT molecular complexity index is 235. The molecule has 1 aliphatic heterocycles. The van der Waals surface area contributed by atoms with E-state index in [1.54, 1.807) is 0 Å². The molecule has 0 aromatic carbocycles. The maximum absolute atomic E-state index is 12.1. The first-order chi connectivity index (χ1) is 9.84. The van der Waals surface area contributed by atoms with Crippen molar-refractivity contribution in [3.8, 4) is 0 Å².